The van der Waals surface area contributed by atoms with Crippen molar-refractivity contribution >= 4 is 17.9 Å². The molecule has 0 radical (unpaired) electrons. The van der Waals surface area contributed by atoms with E-state index in [0.717, 1.165) is 0 Å². The third-order valence-corrected chi connectivity index (χ3v) is 4.07. The van der Waals surface area contributed by atoms with Gasteiger partial charge in [0, 0.05) is 0 Å². The van der Waals surface area contributed by atoms with Crippen LogP contribution in [-0.4, -0.2) is 65.4 Å². The standard InChI is InChI=1S/C18H32O9/c1-11(2)14(22)25-10-18(26-15(23)12(3)4,27-16(24)13(5)6)17(7-19,8-20)9-21/h11-13,19-21H,7-10H2,1-6H3. The lowest BCUT2D eigenvalue weighted by atomic mass is 9.80. The minimum absolute atomic E-state index is 0.531. The number of hydrogen-bond donors (Lipinski definition) is 3. The van der Waals surface area contributed by atoms with Crippen LogP contribution in [-0.2, 0) is 28.6 Å². The second-order valence-corrected chi connectivity index (χ2v) is 7.42. The van der Waals surface area contributed by atoms with Crippen molar-refractivity contribution in [3.05, 3.63) is 0 Å². The Morgan fingerprint density at radius 3 is 1.30 bits per heavy atom. The number of hydrogen-bond acceptors (Lipinski definition) is 9. The second kappa shape index (κ2) is 10.6. The highest BCUT2D eigenvalue weighted by molar-refractivity contribution is 5.75. The molecule has 9 nitrogen and oxygen atoms in total. The van der Waals surface area contributed by atoms with E-state index < -0.39 is 73.3 Å². The first-order valence-electron chi connectivity index (χ1n) is 8.86. The van der Waals surface area contributed by atoms with E-state index in [2.05, 4.69) is 0 Å². The van der Waals surface area contributed by atoms with E-state index in [-0.39, 0.29) is 0 Å². The Kier molecular flexibility index (Phi) is 9.91. The van der Waals surface area contributed by atoms with E-state index in [1.165, 1.54) is 27.7 Å². The van der Waals surface area contributed by atoms with Gasteiger partial charge in [0.05, 0.1) is 37.6 Å². The molecule has 0 aliphatic carbocycles. The molecule has 0 rings (SSSR count). The molecule has 0 fully saturated rings. The van der Waals surface area contributed by atoms with Crippen molar-refractivity contribution < 1.29 is 43.9 Å². The van der Waals surface area contributed by atoms with Crippen molar-refractivity contribution in [3.8, 4) is 0 Å². The highest BCUT2D eigenvalue weighted by Gasteiger charge is 2.59. The molecule has 0 amide bonds. The molecule has 0 aromatic heterocycles. The maximum Gasteiger partial charge on any atom is 0.311 e. The van der Waals surface area contributed by atoms with Crippen molar-refractivity contribution in [2.75, 3.05) is 26.4 Å². The molecular weight excluding hydrogens is 360 g/mol. The van der Waals surface area contributed by atoms with Gasteiger partial charge in [0.2, 0.25) is 0 Å². The van der Waals surface area contributed by atoms with Crippen LogP contribution in [0.2, 0.25) is 0 Å². The summed E-state index contributed by atoms with van der Waals surface area (Å²) < 4.78 is 15.8. The van der Waals surface area contributed by atoms with Crippen LogP contribution in [0.4, 0.5) is 0 Å². The molecule has 0 heterocycles. The average Bonchev–Trinajstić information content (AvgIpc) is 2.60. The first-order chi connectivity index (χ1) is 12.4. The van der Waals surface area contributed by atoms with E-state index in [4.69, 9.17) is 14.2 Å². The first kappa shape index (κ1) is 25.3. The maximum absolute atomic E-state index is 12.3. The number of carbonyl (C=O) groups is 3. The van der Waals surface area contributed by atoms with Gasteiger partial charge in [-0.25, -0.2) is 0 Å². The molecule has 0 spiro atoms. The second-order valence-electron chi connectivity index (χ2n) is 7.42. The Morgan fingerprint density at radius 1 is 0.704 bits per heavy atom. The molecule has 0 aliphatic heterocycles. The Morgan fingerprint density at radius 2 is 1.04 bits per heavy atom. The average molecular weight is 392 g/mol. The summed E-state index contributed by atoms with van der Waals surface area (Å²) in [6.45, 7) is 5.73. The lowest BCUT2D eigenvalue weighted by molar-refractivity contribution is -0.309. The van der Waals surface area contributed by atoms with Gasteiger partial charge in [0.1, 0.15) is 5.41 Å². The molecule has 0 atom stereocenters. The summed E-state index contributed by atoms with van der Waals surface area (Å²) in [7, 11) is 0. The van der Waals surface area contributed by atoms with Gasteiger partial charge in [0.25, 0.3) is 0 Å². The summed E-state index contributed by atoms with van der Waals surface area (Å²) >= 11 is 0. The van der Waals surface area contributed by atoms with E-state index in [1.807, 2.05) is 0 Å². The maximum atomic E-state index is 12.3. The summed E-state index contributed by atoms with van der Waals surface area (Å²) in [5, 5.41) is 29.5. The number of carbonyl (C=O) groups excluding carboxylic acids is 3. The summed E-state index contributed by atoms with van der Waals surface area (Å²) in [6, 6.07) is 0. The van der Waals surface area contributed by atoms with Crippen LogP contribution in [0.1, 0.15) is 41.5 Å². The smallest absolute Gasteiger partial charge is 0.311 e. The largest absolute Gasteiger partial charge is 0.457 e. The predicted molar refractivity (Wildman–Crippen MR) is 94.1 cm³/mol. The number of aliphatic hydroxyl groups excluding tert-OH is 3. The monoisotopic (exact) mass is 392 g/mol. The van der Waals surface area contributed by atoms with Gasteiger partial charge in [-0.3, -0.25) is 14.4 Å². The minimum atomic E-state index is -2.40. The van der Waals surface area contributed by atoms with E-state index in [1.54, 1.807) is 13.8 Å². The molecular formula is C18H32O9. The Balaban J connectivity index is 6.28. The fraction of sp³-hybridized carbons (Fsp3) is 0.833. The van der Waals surface area contributed by atoms with Crippen LogP contribution in [0.5, 0.6) is 0 Å². The van der Waals surface area contributed by atoms with Gasteiger partial charge in [0.15, 0.2) is 6.61 Å². The lowest BCUT2D eigenvalue weighted by Crippen LogP contribution is -2.63. The van der Waals surface area contributed by atoms with Gasteiger partial charge in [-0.15, -0.1) is 0 Å². The zero-order chi connectivity index (χ0) is 21.4. The third-order valence-electron chi connectivity index (χ3n) is 4.07. The van der Waals surface area contributed by atoms with Crippen LogP contribution in [0.3, 0.4) is 0 Å². The Hall–Kier alpha value is -1.71. The van der Waals surface area contributed by atoms with Gasteiger partial charge in [-0.2, -0.15) is 0 Å². The fourth-order valence-corrected chi connectivity index (χ4v) is 1.85. The minimum Gasteiger partial charge on any atom is -0.457 e. The molecule has 0 unspecified atom stereocenters. The number of ether oxygens (including phenoxy) is 3. The van der Waals surface area contributed by atoms with Crippen LogP contribution in [0.25, 0.3) is 0 Å². The zero-order valence-electron chi connectivity index (χ0n) is 16.9. The summed E-state index contributed by atoms with van der Waals surface area (Å²) in [6.07, 6.45) is 0. The summed E-state index contributed by atoms with van der Waals surface area (Å²) in [4.78, 5) is 36.5. The number of esters is 3. The van der Waals surface area contributed by atoms with Crippen molar-refractivity contribution in [1.82, 2.24) is 0 Å². The molecule has 3 N–H and O–H groups in total. The first-order valence-corrected chi connectivity index (χ1v) is 8.86. The quantitative estimate of drug-likeness (QED) is 0.333. The fourth-order valence-electron chi connectivity index (χ4n) is 1.85. The third kappa shape index (κ3) is 6.15. The number of aliphatic hydroxyl groups is 3. The summed E-state index contributed by atoms with van der Waals surface area (Å²) in [5.74, 6) is -6.58. The highest BCUT2D eigenvalue weighted by Crippen LogP contribution is 2.38. The van der Waals surface area contributed by atoms with Gasteiger partial charge in [-0.1, -0.05) is 41.5 Å². The van der Waals surface area contributed by atoms with Crippen molar-refractivity contribution in [2.24, 2.45) is 23.2 Å². The predicted octanol–water partition coefficient (Wildman–Crippen LogP) is 0.244. The van der Waals surface area contributed by atoms with Gasteiger partial charge in [-0.05, 0) is 0 Å². The van der Waals surface area contributed by atoms with Crippen molar-refractivity contribution in [1.29, 1.82) is 0 Å². The SMILES string of the molecule is CC(C)C(=O)OCC(OC(=O)C(C)C)(OC(=O)C(C)C)C(CO)(CO)CO. The van der Waals surface area contributed by atoms with Crippen LogP contribution >= 0.6 is 0 Å². The Bertz CT molecular complexity index is 477. The topological polar surface area (TPSA) is 140 Å². The van der Waals surface area contributed by atoms with Gasteiger partial charge < -0.3 is 29.5 Å². The highest BCUT2D eigenvalue weighted by atomic mass is 16.8. The number of rotatable bonds is 11. The molecule has 0 saturated heterocycles. The molecule has 0 aromatic rings. The molecule has 0 saturated carbocycles. The molecule has 0 bridgehead atoms. The van der Waals surface area contributed by atoms with Crippen LogP contribution in [0.15, 0.2) is 0 Å². The molecule has 27 heavy (non-hydrogen) atoms. The van der Waals surface area contributed by atoms with E-state index >= 15 is 0 Å². The van der Waals surface area contributed by atoms with E-state index in [9.17, 15) is 29.7 Å². The summed E-state index contributed by atoms with van der Waals surface area (Å²) in [5.41, 5.74) is -2.00. The van der Waals surface area contributed by atoms with Crippen LogP contribution < -0.4 is 0 Å². The lowest BCUT2D eigenvalue weighted by Gasteiger charge is -2.45. The van der Waals surface area contributed by atoms with Crippen molar-refractivity contribution in [3.63, 3.8) is 0 Å². The molecule has 9 heteroatoms. The normalized spacial score (nSPS) is 12.4. The van der Waals surface area contributed by atoms with Gasteiger partial charge >= 0.3 is 23.7 Å². The van der Waals surface area contributed by atoms with E-state index in [0.29, 0.717) is 0 Å². The molecule has 158 valence electrons. The van der Waals surface area contributed by atoms with Crippen LogP contribution in [0, 0.1) is 23.2 Å². The zero-order valence-corrected chi connectivity index (χ0v) is 16.9. The molecule has 0 aliphatic rings. The Labute approximate surface area is 159 Å². The van der Waals surface area contributed by atoms with Crippen molar-refractivity contribution in [2.45, 2.75) is 47.3 Å². The molecule has 0 aromatic carbocycles.